The van der Waals surface area contributed by atoms with Gasteiger partial charge in [-0.25, -0.2) is 0 Å². The van der Waals surface area contributed by atoms with E-state index in [-0.39, 0.29) is 11.6 Å². The maximum atomic E-state index is 12.7. The molecule has 0 bridgehead atoms. The molecular weight excluding hydrogens is 455 g/mol. The molecule has 1 aromatic heterocycles. The lowest BCUT2D eigenvalue weighted by atomic mass is 10.2. The molecule has 1 heterocycles. The third kappa shape index (κ3) is 7.21. The van der Waals surface area contributed by atoms with Gasteiger partial charge in [-0.1, -0.05) is 47.5 Å². The zero-order valence-corrected chi connectivity index (χ0v) is 18.8. The van der Waals surface area contributed by atoms with Crippen molar-refractivity contribution in [1.82, 2.24) is 10.6 Å². The van der Waals surface area contributed by atoms with E-state index in [1.807, 2.05) is 18.2 Å². The van der Waals surface area contributed by atoms with E-state index < -0.39 is 5.91 Å². The van der Waals surface area contributed by atoms with Gasteiger partial charge in [0, 0.05) is 29.7 Å². The van der Waals surface area contributed by atoms with Crippen molar-refractivity contribution in [2.24, 2.45) is 0 Å². The van der Waals surface area contributed by atoms with Crippen LogP contribution in [0.15, 0.2) is 77.0 Å². The highest BCUT2D eigenvalue weighted by Crippen LogP contribution is 2.24. The minimum atomic E-state index is -0.393. The number of nitrogens with one attached hydrogen (secondary N) is 2. The lowest BCUT2D eigenvalue weighted by molar-refractivity contribution is -0.117. The number of furan rings is 1. The van der Waals surface area contributed by atoms with Gasteiger partial charge in [0.15, 0.2) is 0 Å². The molecule has 0 atom stereocenters. The smallest absolute Gasteiger partial charge is 0.267 e. The Bertz CT molecular complexity index is 1050. The lowest BCUT2D eigenvalue weighted by Gasteiger charge is -2.11. The molecule has 160 valence electrons. The van der Waals surface area contributed by atoms with E-state index in [0.29, 0.717) is 33.7 Å². The Kier molecular flexibility index (Phi) is 8.64. The van der Waals surface area contributed by atoms with Gasteiger partial charge >= 0.3 is 0 Å². The Morgan fingerprint density at radius 2 is 1.81 bits per heavy atom. The number of hydrogen-bond donors (Lipinski definition) is 2. The molecular formula is C23H20Cl2N2O3S. The van der Waals surface area contributed by atoms with Crippen molar-refractivity contribution in [3.63, 3.8) is 0 Å². The van der Waals surface area contributed by atoms with Crippen LogP contribution in [0.25, 0.3) is 6.08 Å². The number of carbonyl (C=O) groups excluding carboxylic acids is 2. The van der Waals surface area contributed by atoms with E-state index in [4.69, 9.17) is 27.6 Å². The molecule has 2 amide bonds. The van der Waals surface area contributed by atoms with Gasteiger partial charge in [-0.3, -0.25) is 9.59 Å². The second-order valence-corrected chi connectivity index (χ2v) is 8.37. The van der Waals surface area contributed by atoms with Gasteiger partial charge in [-0.15, -0.1) is 0 Å². The number of benzene rings is 2. The highest BCUT2D eigenvalue weighted by molar-refractivity contribution is 7.98. The first kappa shape index (κ1) is 23.0. The standard InChI is InChI=1S/C23H20Cl2N2O3S/c24-19-9-8-16(13-20(19)25)15-31-12-10-26-23(29)21(14-18-7-4-11-30-18)27-22(28)17-5-2-1-3-6-17/h1-9,11,13-14H,10,12,15H2,(H,26,29)(H,27,28)/b21-14-. The van der Waals surface area contributed by atoms with Crippen molar-refractivity contribution < 1.29 is 14.0 Å². The number of rotatable bonds is 9. The molecule has 31 heavy (non-hydrogen) atoms. The van der Waals surface area contributed by atoms with Crippen LogP contribution in [0.2, 0.25) is 10.0 Å². The molecule has 0 aliphatic heterocycles. The average molecular weight is 475 g/mol. The second-order valence-electron chi connectivity index (χ2n) is 6.45. The predicted molar refractivity (Wildman–Crippen MR) is 126 cm³/mol. The average Bonchev–Trinajstić information content (AvgIpc) is 3.29. The molecule has 0 unspecified atom stereocenters. The normalized spacial score (nSPS) is 11.2. The van der Waals surface area contributed by atoms with Crippen LogP contribution >= 0.6 is 35.0 Å². The molecule has 2 aromatic carbocycles. The topological polar surface area (TPSA) is 71.3 Å². The Morgan fingerprint density at radius 1 is 1.00 bits per heavy atom. The monoisotopic (exact) mass is 474 g/mol. The molecule has 3 aromatic rings. The largest absolute Gasteiger partial charge is 0.465 e. The zero-order valence-electron chi connectivity index (χ0n) is 16.4. The van der Waals surface area contributed by atoms with Crippen molar-refractivity contribution >= 4 is 52.9 Å². The number of hydrogen-bond acceptors (Lipinski definition) is 4. The van der Waals surface area contributed by atoms with Crippen LogP contribution in [0, 0.1) is 0 Å². The Hall–Kier alpha value is -2.67. The summed E-state index contributed by atoms with van der Waals surface area (Å²) in [6.07, 6.45) is 3.00. The summed E-state index contributed by atoms with van der Waals surface area (Å²) in [7, 11) is 0. The van der Waals surface area contributed by atoms with Gasteiger partial charge in [-0.05, 0) is 42.0 Å². The van der Waals surface area contributed by atoms with Crippen molar-refractivity contribution in [3.05, 3.63) is 99.6 Å². The highest BCUT2D eigenvalue weighted by Gasteiger charge is 2.15. The number of amides is 2. The van der Waals surface area contributed by atoms with Crippen molar-refractivity contribution in [3.8, 4) is 0 Å². The van der Waals surface area contributed by atoms with E-state index in [1.165, 1.54) is 12.3 Å². The highest BCUT2D eigenvalue weighted by atomic mass is 35.5. The molecule has 0 radical (unpaired) electrons. The summed E-state index contributed by atoms with van der Waals surface area (Å²) in [4.78, 5) is 25.2. The van der Waals surface area contributed by atoms with Crippen molar-refractivity contribution in [2.45, 2.75) is 5.75 Å². The van der Waals surface area contributed by atoms with E-state index in [0.717, 1.165) is 11.3 Å². The summed E-state index contributed by atoms with van der Waals surface area (Å²) in [5.74, 6) is 1.13. The molecule has 8 heteroatoms. The fraction of sp³-hybridized carbons (Fsp3) is 0.130. The molecule has 0 aliphatic carbocycles. The molecule has 0 fully saturated rings. The van der Waals surface area contributed by atoms with Crippen LogP contribution in [0.3, 0.4) is 0 Å². The molecule has 0 spiro atoms. The van der Waals surface area contributed by atoms with Crippen LogP contribution in [-0.2, 0) is 10.5 Å². The minimum Gasteiger partial charge on any atom is -0.465 e. The van der Waals surface area contributed by atoms with Crippen LogP contribution in [0.4, 0.5) is 0 Å². The number of thioether (sulfide) groups is 1. The summed E-state index contributed by atoms with van der Waals surface area (Å²) in [5, 5.41) is 6.54. The summed E-state index contributed by atoms with van der Waals surface area (Å²) in [6, 6.07) is 17.6. The van der Waals surface area contributed by atoms with Gasteiger partial charge in [0.25, 0.3) is 11.8 Å². The van der Waals surface area contributed by atoms with Gasteiger partial charge < -0.3 is 15.1 Å². The van der Waals surface area contributed by atoms with E-state index in [9.17, 15) is 9.59 Å². The maximum absolute atomic E-state index is 12.7. The van der Waals surface area contributed by atoms with Crippen LogP contribution in [-0.4, -0.2) is 24.1 Å². The first-order valence-electron chi connectivity index (χ1n) is 9.44. The van der Waals surface area contributed by atoms with Gasteiger partial charge in [0.05, 0.1) is 16.3 Å². The van der Waals surface area contributed by atoms with Gasteiger partial charge in [-0.2, -0.15) is 11.8 Å². The van der Waals surface area contributed by atoms with Crippen LogP contribution < -0.4 is 10.6 Å². The Morgan fingerprint density at radius 3 is 2.52 bits per heavy atom. The van der Waals surface area contributed by atoms with E-state index in [2.05, 4.69) is 10.6 Å². The fourth-order valence-corrected chi connectivity index (χ4v) is 3.74. The molecule has 2 N–H and O–H groups in total. The second kappa shape index (κ2) is 11.6. The third-order valence-electron chi connectivity index (χ3n) is 4.14. The van der Waals surface area contributed by atoms with Crippen LogP contribution in [0.5, 0.6) is 0 Å². The molecule has 0 aliphatic rings. The van der Waals surface area contributed by atoms with Gasteiger partial charge in [0.1, 0.15) is 11.5 Å². The molecule has 0 saturated carbocycles. The predicted octanol–water partition coefficient (Wildman–Crippen LogP) is 5.41. The number of halogens is 2. The quantitative estimate of drug-likeness (QED) is 0.321. The Labute approximate surface area is 194 Å². The van der Waals surface area contributed by atoms with Crippen molar-refractivity contribution in [2.75, 3.05) is 12.3 Å². The minimum absolute atomic E-state index is 0.110. The number of carbonyl (C=O) groups is 2. The third-order valence-corrected chi connectivity index (χ3v) is 5.91. The first-order chi connectivity index (χ1) is 15.0. The summed E-state index contributed by atoms with van der Waals surface area (Å²) in [6.45, 7) is 0.432. The Balaban J connectivity index is 1.54. The molecule has 0 saturated heterocycles. The SMILES string of the molecule is O=C(NCCSCc1ccc(Cl)c(Cl)c1)/C(=C/c1ccco1)NC(=O)c1ccccc1. The van der Waals surface area contributed by atoms with Crippen LogP contribution in [0.1, 0.15) is 21.7 Å². The molecule has 5 nitrogen and oxygen atoms in total. The maximum Gasteiger partial charge on any atom is 0.267 e. The van der Waals surface area contributed by atoms with Crippen molar-refractivity contribution in [1.29, 1.82) is 0 Å². The van der Waals surface area contributed by atoms with E-state index in [1.54, 1.807) is 54.2 Å². The van der Waals surface area contributed by atoms with Gasteiger partial charge in [0.2, 0.25) is 0 Å². The lowest BCUT2D eigenvalue weighted by Crippen LogP contribution is -2.35. The van der Waals surface area contributed by atoms with E-state index >= 15 is 0 Å². The summed E-state index contributed by atoms with van der Waals surface area (Å²) < 4.78 is 5.28. The first-order valence-corrected chi connectivity index (χ1v) is 11.4. The fourth-order valence-electron chi connectivity index (χ4n) is 2.61. The summed E-state index contributed by atoms with van der Waals surface area (Å²) in [5.41, 5.74) is 1.62. The summed E-state index contributed by atoms with van der Waals surface area (Å²) >= 11 is 13.6. The zero-order chi connectivity index (χ0) is 22.1. The molecule has 3 rings (SSSR count).